The van der Waals surface area contributed by atoms with Gasteiger partial charge in [-0.1, -0.05) is 12.1 Å². The van der Waals surface area contributed by atoms with Crippen molar-refractivity contribution in [3.05, 3.63) is 40.4 Å². The summed E-state index contributed by atoms with van der Waals surface area (Å²) < 4.78 is 5.94. The van der Waals surface area contributed by atoms with Crippen LogP contribution in [-0.2, 0) is 4.74 Å². The average Bonchev–Trinajstić information content (AvgIpc) is 2.39. The van der Waals surface area contributed by atoms with Gasteiger partial charge in [0.05, 0.1) is 5.69 Å². The van der Waals surface area contributed by atoms with Gasteiger partial charge in [-0.3, -0.25) is 10.1 Å². The maximum absolute atomic E-state index is 11.8. The van der Waals surface area contributed by atoms with Crippen molar-refractivity contribution in [2.45, 2.75) is 26.4 Å². The van der Waals surface area contributed by atoms with Gasteiger partial charge < -0.3 is 10.5 Å². The predicted octanol–water partition coefficient (Wildman–Crippen LogP) is 4.05. The van der Waals surface area contributed by atoms with Crippen molar-refractivity contribution in [3.63, 3.8) is 0 Å². The third-order valence-electron chi connectivity index (χ3n) is 2.87. The number of carbonyl (C=O) groups excluding carboxylic acids is 2. The molecule has 0 aromatic heterocycles. The lowest BCUT2D eigenvalue weighted by Gasteiger charge is -2.20. The first-order valence-electron chi connectivity index (χ1n) is 6.69. The van der Waals surface area contributed by atoms with E-state index in [1.54, 1.807) is 51.1 Å². The van der Waals surface area contributed by atoms with Crippen LogP contribution in [-0.4, -0.2) is 17.6 Å². The highest BCUT2D eigenvalue weighted by Gasteiger charge is 2.17. The molecule has 2 amide bonds. The summed E-state index contributed by atoms with van der Waals surface area (Å²) in [5, 5.41) is 4.40. The Hall–Kier alpha value is -2.08. The number of carbonyl (C=O) groups is 2. The molecule has 116 valence electrons. The number of nitrogens with two attached hydrogens (primary N) is 1. The highest BCUT2D eigenvalue weighted by atomic mass is 79.9. The molecular weight excluding hydrogens is 348 g/mol. The summed E-state index contributed by atoms with van der Waals surface area (Å²) in [6.45, 7) is 5.40. The van der Waals surface area contributed by atoms with E-state index in [0.717, 1.165) is 10.8 Å². The van der Waals surface area contributed by atoms with E-state index < -0.39 is 17.6 Å². The number of halogens is 1. The molecule has 0 aliphatic carbocycles. The molecule has 5 nitrogen and oxygen atoms in total. The van der Waals surface area contributed by atoms with Crippen molar-refractivity contribution >= 4 is 44.4 Å². The number of amides is 2. The number of hydrogen-bond acceptors (Lipinski definition) is 3. The minimum Gasteiger partial charge on any atom is -0.444 e. The fourth-order valence-corrected chi connectivity index (χ4v) is 2.55. The Labute approximate surface area is 136 Å². The number of primary amides is 1. The second kappa shape index (κ2) is 5.96. The van der Waals surface area contributed by atoms with Gasteiger partial charge in [-0.2, -0.15) is 0 Å². The third kappa shape index (κ3) is 3.76. The van der Waals surface area contributed by atoms with Crippen molar-refractivity contribution in [1.29, 1.82) is 0 Å². The normalized spacial score (nSPS) is 11.3. The summed E-state index contributed by atoms with van der Waals surface area (Å²) in [4.78, 5) is 23.1. The summed E-state index contributed by atoms with van der Waals surface area (Å²) in [7, 11) is 0. The Balaban J connectivity index is 2.33. The molecule has 2 aromatic carbocycles. The molecule has 2 rings (SSSR count). The van der Waals surface area contributed by atoms with E-state index in [9.17, 15) is 9.59 Å². The molecule has 6 heteroatoms. The Morgan fingerprint density at radius 3 is 2.45 bits per heavy atom. The molecule has 0 heterocycles. The Kier molecular flexibility index (Phi) is 4.42. The SMILES string of the molecule is CC(C)(C)OC(=O)Nc1ccc2cc(C(N)=O)ccc2c1Br. The molecule has 22 heavy (non-hydrogen) atoms. The molecule has 0 fully saturated rings. The van der Waals surface area contributed by atoms with Gasteiger partial charge in [-0.05, 0) is 65.7 Å². The predicted molar refractivity (Wildman–Crippen MR) is 90.0 cm³/mol. The summed E-state index contributed by atoms with van der Waals surface area (Å²) in [6, 6.07) is 8.67. The van der Waals surface area contributed by atoms with Crippen molar-refractivity contribution in [1.82, 2.24) is 0 Å². The number of ether oxygens (including phenoxy) is 1. The number of rotatable bonds is 2. The summed E-state index contributed by atoms with van der Waals surface area (Å²) in [5.74, 6) is -0.478. The van der Waals surface area contributed by atoms with Gasteiger partial charge in [-0.25, -0.2) is 4.79 Å². The Morgan fingerprint density at radius 2 is 1.86 bits per heavy atom. The number of benzene rings is 2. The van der Waals surface area contributed by atoms with Crippen LogP contribution < -0.4 is 11.1 Å². The molecule has 0 atom stereocenters. The molecule has 0 spiro atoms. The van der Waals surface area contributed by atoms with Crippen LogP contribution in [0.25, 0.3) is 10.8 Å². The molecule has 0 unspecified atom stereocenters. The molecule has 0 saturated carbocycles. The van der Waals surface area contributed by atoms with E-state index in [2.05, 4.69) is 21.2 Å². The lowest BCUT2D eigenvalue weighted by atomic mass is 10.1. The number of hydrogen-bond donors (Lipinski definition) is 2. The van der Waals surface area contributed by atoms with Crippen LogP contribution in [0.2, 0.25) is 0 Å². The van der Waals surface area contributed by atoms with Gasteiger partial charge in [0.15, 0.2) is 0 Å². The molecule has 0 saturated heterocycles. The largest absolute Gasteiger partial charge is 0.444 e. The Bertz CT molecular complexity index is 751. The Morgan fingerprint density at radius 1 is 1.18 bits per heavy atom. The standard InChI is InChI=1S/C16H17BrN2O3/c1-16(2,3)22-15(21)19-12-7-5-9-8-10(14(18)20)4-6-11(9)13(12)17/h4-8H,1-3H3,(H2,18,20)(H,19,21). The van der Waals surface area contributed by atoms with E-state index in [4.69, 9.17) is 10.5 Å². The van der Waals surface area contributed by atoms with Crippen molar-refractivity contribution in [3.8, 4) is 0 Å². The second-order valence-corrected chi connectivity index (χ2v) is 6.65. The maximum atomic E-state index is 11.8. The van der Waals surface area contributed by atoms with Crippen LogP contribution in [0.1, 0.15) is 31.1 Å². The van der Waals surface area contributed by atoms with Crippen LogP contribution in [0.15, 0.2) is 34.8 Å². The first-order valence-corrected chi connectivity index (χ1v) is 7.49. The van der Waals surface area contributed by atoms with Crippen molar-refractivity contribution < 1.29 is 14.3 Å². The highest BCUT2D eigenvalue weighted by Crippen LogP contribution is 2.32. The van der Waals surface area contributed by atoms with Crippen molar-refractivity contribution in [2.75, 3.05) is 5.32 Å². The minimum atomic E-state index is -0.566. The minimum absolute atomic E-state index is 0.437. The first-order chi connectivity index (χ1) is 10.2. The molecular formula is C16H17BrN2O3. The summed E-state index contributed by atoms with van der Waals surface area (Å²) in [6.07, 6.45) is -0.527. The van der Waals surface area contributed by atoms with E-state index in [-0.39, 0.29) is 0 Å². The fourth-order valence-electron chi connectivity index (χ4n) is 1.96. The van der Waals surface area contributed by atoms with Gasteiger partial charge in [0.25, 0.3) is 0 Å². The quantitative estimate of drug-likeness (QED) is 0.843. The lowest BCUT2D eigenvalue weighted by molar-refractivity contribution is 0.0635. The number of nitrogens with one attached hydrogen (secondary N) is 1. The zero-order valence-corrected chi connectivity index (χ0v) is 14.2. The fraction of sp³-hybridized carbons (Fsp3) is 0.250. The van der Waals surface area contributed by atoms with Crippen LogP contribution >= 0.6 is 15.9 Å². The number of anilines is 1. The van der Waals surface area contributed by atoms with E-state index in [1.807, 2.05) is 0 Å². The highest BCUT2D eigenvalue weighted by molar-refractivity contribution is 9.10. The molecule has 0 aliphatic heterocycles. The van der Waals surface area contributed by atoms with E-state index in [1.165, 1.54) is 0 Å². The van der Waals surface area contributed by atoms with Crippen LogP contribution in [0.5, 0.6) is 0 Å². The third-order valence-corrected chi connectivity index (χ3v) is 3.73. The smallest absolute Gasteiger partial charge is 0.412 e. The zero-order valence-electron chi connectivity index (χ0n) is 12.6. The average molecular weight is 365 g/mol. The van der Waals surface area contributed by atoms with Gasteiger partial charge >= 0.3 is 6.09 Å². The van der Waals surface area contributed by atoms with E-state index in [0.29, 0.717) is 15.7 Å². The van der Waals surface area contributed by atoms with E-state index >= 15 is 0 Å². The van der Waals surface area contributed by atoms with Gasteiger partial charge in [-0.15, -0.1) is 0 Å². The summed E-state index contributed by atoms with van der Waals surface area (Å²) in [5.41, 5.74) is 5.74. The molecule has 2 aromatic rings. The topological polar surface area (TPSA) is 81.4 Å². The maximum Gasteiger partial charge on any atom is 0.412 e. The molecule has 3 N–H and O–H groups in total. The lowest BCUT2D eigenvalue weighted by Crippen LogP contribution is -2.27. The van der Waals surface area contributed by atoms with Crippen LogP contribution in [0, 0.1) is 0 Å². The van der Waals surface area contributed by atoms with Crippen molar-refractivity contribution in [2.24, 2.45) is 5.73 Å². The first kappa shape index (κ1) is 16.3. The summed E-state index contributed by atoms with van der Waals surface area (Å²) >= 11 is 3.47. The van der Waals surface area contributed by atoms with Crippen LogP contribution in [0.4, 0.5) is 10.5 Å². The van der Waals surface area contributed by atoms with Gasteiger partial charge in [0.1, 0.15) is 5.60 Å². The van der Waals surface area contributed by atoms with Gasteiger partial charge in [0.2, 0.25) is 5.91 Å². The number of fused-ring (bicyclic) bond motifs is 1. The zero-order chi connectivity index (χ0) is 16.5. The van der Waals surface area contributed by atoms with Crippen LogP contribution in [0.3, 0.4) is 0 Å². The molecule has 0 radical (unpaired) electrons. The second-order valence-electron chi connectivity index (χ2n) is 5.85. The van der Waals surface area contributed by atoms with Gasteiger partial charge in [0, 0.05) is 10.0 Å². The molecule has 0 bridgehead atoms. The monoisotopic (exact) mass is 364 g/mol. The molecule has 0 aliphatic rings.